The molecule has 0 heterocycles. The molecule has 0 saturated heterocycles. The van der Waals surface area contributed by atoms with Gasteiger partial charge in [-0.25, -0.2) is 0 Å². The first-order valence-corrected chi connectivity index (χ1v) is 6.51. The van der Waals surface area contributed by atoms with Gasteiger partial charge in [0.15, 0.2) is 0 Å². The van der Waals surface area contributed by atoms with E-state index in [-0.39, 0.29) is 12.4 Å². The SMILES string of the molecule is N#CCCNCC1(c2ccccc2)CCCC1.[Cl-]. The quantitative estimate of drug-likeness (QED) is 0.760. The Morgan fingerprint density at radius 2 is 1.83 bits per heavy atom. The lowest BCUT2D eigenvalue weighted by atomic mass is 9.79. The zero-order valence-electron chi connectivity index (χ0n) is 10.7. The fourth-order valence-corrected chi connectivity index (χ4v) is 2.88. The standard InChI is InChI=1S/C15H20N2.ClH/c16-11-6-12-17-13-15(9-4-5-10-15)14-7-2-1-3-8-14;/h1-3,7-8,17H,4-6,9-10,12-13H2;1H/p-1. The van der Waals surface area contributed by atoms with E-state index in [1.165, 1.54) is 31.2 Å². The summed E-state index contributed by atoms with van der Waals surface area (Å²) in [6.45, 7) is 1.82. The van der Waals surface area contributed by atoms with E-state index in [0.29, 0.717) is 11.8 Å². The molecule has 0 bridgehead atoms. The Balaban J connectivity index is 0.00000162. The molecule has 0 atom stereocenters. The molecule has 0 unspecified atom stereocenters. The van der Waals surface area contributed by atoms with Gasteiger partial charge in [-0.1, -0.05) is 43.2 Å². The molecule has 0 radical (unpaired) electrons. The molecule has 0 spiro atoms. The molecule has 1 aromatic rings. The normalized spacial score (nSPS) is 16.8. The van der Waals surface area contributed by atoms with E-state index < -0.39 is 0 Å². The summed E-state index contributed by atoms with van der Waals surface area (Å²) in [7, 11) is 0. The highest BCUT2D eigenvalue weighted by Gasteiger charge is 2.34. The Kier molecular flexibility index (Phi) is 6.18. The zero-order chi connectivity index (χ0) is 12.0. The van der Waals surface area contributed by atoms with Crippen molar-refractivity contribution in [2.75, 3.05) is 13.1 Å². The van der Waals surface area contributed by atoms with Crippen molar-refractivity contribution in [1.82, 2.24) is 5.32 Å². The van der Waals surface area contributed by atoms with Crippen LogP contribution in [-0.2, 0) is 5.41 Å². The van der Waals surface area contributed by atoms with Gasteiger partial charge >= 0.3 is 0 Å². The van der Waals surface area contributed by atoms with Crippen molar-refractivity contribution in [3.63, 3.8) is 0 Å². The van der Waals surface area contributed by atoms with Crippen molar-refractivity contribution in [1.29, 1.82) is 5.26 Å². The lowest BCUT2D eigenvalue weighted by Gasteiger charge is -2.30. The molecule has 1 saturated carbocycles. The summed E-state index contributed by atoms with van der Waals surface area (Å²) >= 11 is 0. The Labute approximate surface area is 116 Å². The number of hydrogen-bond acceptors (Lipinski definition) is 2. The van der Waals surface area contributed by atoms with Gasteiger partial charge in [-0.05, 0) is 18.4 Å². The molecule has 98 valence electrons. The highest BCUT2D eigenvalue weighted by atomic mass is 35.5. The largest absolute Gasteiger partial charge is 1.00 e. The minimum Gasteiger partial charge on any atom is -1.00 e. The molecule has 0 aliphatic heterocycles. The first-order valence-electron chi connectivity index (χ1n) is 6.51. The van der Waals surface area contributed by atoms with Crippen LogP contribution < -0.4 is 17.7 Å². The van der Waals surface area contributed by atoms with Crippen molar-refractivity contribution in [2.24, 2.45) is 0 Å². The van der Waals surface area contributed by atoms with Crippen LogP contribution in [0.4, 0.5) is 0 Å². The van der Waals surface area contributed by atoms with E-state index >= 15 is 0 Å². The first-order chi connectivity index (χ1) is 8.37. The van der Waals surface area contributed by atoms with Crippen LogP contribution in [-0.4, -0.2) is 13.1 Å². The van der Waals surface area contributed by atoms with Crippen molar-refractivity contribution < 1.29 is 12.4 Å². The molecule has 1 aliphatic carbocycles. The third-order valence-corrected chi connectivity index (χ3v) is 3.82. The number of nitrogens with one attached hydrogen (secondary N) is 1. The number of hydrogen-bond donors (Lipinski definition) is 1. The maximum absolute atomic E-state index is 8.55. The predicted molar refractivity (Wildman–Crippen MR) is 69.7 cm³/mol. The molecule has 18 heavy (non-hydrogen) atoms. The van der Waals surface area contributed by atoms with Gasteiger partial charge in [-0.2, -0.15) is 5.26 Å². The van der Waals surface area contributed by atoms with Gasteiger partial charge in [-0.3, -0.25) is 0 Å². The highest BCUT2D eigenvalue weighted by molar-refractivity contribution is 5.27. The number of nitriles is 1. The van der Waals surface area contributed by atoms with Crippen molar-refractivity contribution in [3.8, 4) is 6.07 Å². The second kappa shape index (κ2) is 7.41. The summed E-state index contributed by atoms with van der Waals surface area (Å²) in [4.78, 5) is 0. The Morgan fingerprint density at radius 1 is 1.17 bits per heavy atom. The van der Waals surface area contributed by atoms with Crippen LogP contribution in [0.5, 0.6) is 0 Å². The van der Waals surface area contributed by atoms with Crippen LogP contribution in [0.25, 0.3) is 0 Å². The van der Waals surface area contributed by atoms with Crippen LogP contribution in [0.1, 0.15) is 37.7 Å². The molecule has 1 fully saturated rings. The van der Waals surface area contributed by atoms with E-state index in [9.17, 15) is 0 Å². The van der Waals surface area contributed by atoms with Gasteiger partial charge in [0.25, 0.3) is 0 Å². The maximum Gasteiger partial charge on any atom is 0.0635 e. The molecule has 3 heteroatoms. The lowest BCUT2D eigenvalue weighted by molar-refractivity contribution is -0.00000386. The van der Waals surface area contributed by atoms with E-state index in [2.05, 4.69) is 41.7 Å². The van der Waals surface area contributed by atoms with Gasteiger partial charge in [0.2, 0.25) is 0 Å². The Morgan fingerprint density at radius 3 is 2.44 bits per heavy atom. The van der Waals surface area contributed by atoms with Gasteiger partial charge in [0.05, 0.1) is 6.07 Å². The maximum atomic E-state index is 8.55. The Hall–Kier alpha value is -1.04. The minimum absolute atomic E-state index is 0. The molecule has 2 nitrogen and oxygen atoms in total. The average Bonchev–Trinajstić information content (AvgIpc) is 2.86. The predicted octanol–water partition coefficient (Wildman–Crippen LogP) is 0.00568. The molecule has 1 aromatic carbocycles. The van der Waals surface area contributed by atoms with Gasteiger partial charge in [0.1, 0.15) is 0 Å². The number of nitrogens with zero attached hydrogens (tertiary/aromatic N) is 1. The minimum atomic E-state index is 0. The summed E-state index contributed by atoms with van der Waals surface area (Å²) in [6.07, 6.45) is 5.81. The fourth-order valence-electron chi connectivity index (χ4n) is 2.88. The highest BCUT2D eigenvalue weighted by Crippen LogP contribution is 2.40. The second-order valence-electron chi connectivity index (χ2n) is 4.94. The molecule has 0 aromatic heterocycles. The van der Waals surface area contributed by atoms with E-state index in [1.54, 1.807) is 0 Å². The van der Waals surface area contributed by atoms with Crippen molar-refractivity contribution >= 4 is 0 Å². The molecule has 0 amide bonds. The zero-order valence-corrected chi connectivity index (χ0v) is 11.4. The van der Waals surface area contributed by atoms with Crippen molar-refractivity contribution in [3.05, 3.63) is 35.9 Å². The molecule has 2 rings (SSSR count). The van der Waals surface area contributed by atoms with Crippen LogP contribution >= 0.6 is 0 Å². The Bertz CT molecular complexity index is 377. The van der Waals surface area contributed by atoms with E-state index in [0.717, 1.165) is 13.1 Å². The number of halogens is 1. The van der Waals surface area contributed by atoms with E-state index in [1.807, 2.05) is 0 Å². The van der Waals surface area contributed by atoms with Crippen LogP contribution in [0.3, 0.4) is 0 Å². The lowest BCUT2D eigenvalue weighted by Crippen LogP contribution is -3.00. The molecule has 1 N–H and O–H groups in total. The molecular weight excluding hydrogens is 244 g/mol. The summed E-state index contributed by atoms with van der Waals surface area (Å²) < 4.78 is 0. The third-order valence-electron chi connectivity index (χ3n) is 3.82. The number of benzene rings is 1. The van der Waals surface area contributed by atoms with Crippen LogP contribution in [0.15, 0.2) is 30.3 Å². The average molecular weight is 264 g/mol. The topological polar surface area (TPSA) is 35.8 Å². The summed E-state index contributed by atoms with van der Waals surface area (Å²) in [5.74, 6) is 0. The third kappa shape index (κ3) is 3.48. The number of rotatable bonds is 5. The smallest absolute Gasteiger partial charge is 0.0635 e. The van der Waals surface area contributed by atoms with Gasteiger partial charge in [-0.15, -0.1) is 0 Å². The molecular formula is C15H20ClN2-. The van der Waals surface area contributed by atoms with E-state index in [4.69, 9.17) is 5.26 Å². The summed E-state index contributed by atoms with van der Waals surface area (Å²) in [5.41, 5.74) is 1.78. The monoisotopic (exact) mass is 263 g/mol. The van der Waals surface area contributed by atoms with Gasteiger partial charge < -0.3 is 17.7 Å². The van der Waals surface area contributed by atoms with Gasteiger partial charge in [0, 0.05) is 24.9 Å². The summed E-state index contributed by atoms with van der Waals surface area (Å²) in [6, 6.07) is 13.0. The summed E-state index contributed by atoms with van der Waals surface area (Å²) in [5, 5.41) is 12.0. The van der Waals surface area contributed by atoms with Crippen LogP contribution in [0.2, 0.25) is 0 Å². The van der Waals surface area contributed by atoms with Crippen LogP contribution in [0, 0.1) is 11.3 Å². The second-order valence-corrected chi connectivity index (χ2v) is 4.94. The van der Waals surface area contributed by atoms with Crippen molar-refractivity contribution in [2.45, 2.75) is 37.5 Å². The fraction of sp³-hybridized carbons (Fsp3) is 0.533. The first kappa shape index (κ1) is 15.0. The molecule has 1 aliphatic rings.